The Labute approximate surface area is 118 Å². The molecule has 0 spiro atoms. The zero-order valence-electron chi connectivity index (χ0n) is 12.2. The van der Waals surface area contributed by atoms with Gasteiger partial charge in [-0.05, 0) is 32.9 Å². The van der Waals surface area contributed by atoms with Crippen LogP contribution in [0.15, 0.2) is 35.3 Å². The van der Waals surface area contributed by atoms with Gasteiger partial charge >= 0.3 is 0 Å². The zero-order chi connectivity index (χ0) is 14.7. The lowest BCUT2D eigenvalue weighted by molar-refractivity contribution is 0.102. The molecule has 2 heterocycles. The number of aliphatic hydroxyl groups excluding tert-OH is 1. The average Bonchev–Trinajstić information content (AvgIpc) is 2.37. The van der Waals surface area contributed by atoms with Crippen molar-refractivity contribution in [2.45, 2.75) is 39.5 Å². The smallest absolute Gasteiger partial charge is 0.258 e. The third-order valence-corrected chi connectivity index (χ3v) is 3.22. The Kier molecular flexibility index (Phi) is 4.52. The fraction of sp³-hybridized carbons (Fsp3) is 0.467. The SMILES string of the molecule is CC(O)CN(Cc1cc(=O)n2ccccc2n1)C(C)C. The van der Waals surface area contributed by atoms with Gasteiger partial charge in [-0.1, -0.05) is 6.07 Å². The van der Waals surface area contributed by atoms with E-state index >= 15 is 0 Å². The van der Waals surface area contributed by atoms with Gasteiger partial charge in [0.1, 0.15) is 5.65 Å². The van der Waals surface area contributed by atoms with E-state index in [4.69, 9.17) is 0 Å². The Hall–Kier alpha value is -1.72. The van der Waals surface area contributed by atoms with Crippen LogP contribution < -0.4 is 5.56 Å². The fourth-order valence-corrected chi connectivity index (χ4v) is 2.19. The summed E-state index contributed by atoms with van der Waals surface area (Å²) in [6.45, 7) is 7.02. The molecule has 20 heavy (non-hydrogen) atoms. The maximum absolute atomic E-state index is 12.0. The standard InChI is InChI=1S/C15H21N3O2/c1-11(2)17(9-12(3)19)10-13-8-15(20)18-7-5-4-6-14(18)16-13/h4-8,11-12,19H,9-10H2,1-3H3. The zero-order valence-corrected chi connectivity index (χ0v) is 12.2. The van der Waals surface area contributed by atoms with Gasteiger partial charge in [0, 0.05) is 31.4 Å². The molecule has 108 valence electrons. The quantitative estimate of drug-likeness (QED) is 0.893. The van der Waals surface area contributed by atoms with Crippen LogP contribution in [-0.4, -0.2) is 38.1 Å². The van der Waals surface area contributed by atoms with E-state index in [9.17, 15) is 9.90 Å². The minimum absolute atomic E-state index is 0.0775. The molecule has 0 aromatic carbocycles. The van der Waals surface area contributed by atoms with Crippen LogP contribution >= 0.6 is 0 Å². The van der Waals surface area contributed by atoms with Crippen LogP contribution in [0.3, 0.4) is 0 Å². The molecule has 1 atom stereocenters. The number of hydrogen-bond donors (Lipinski definition) is 1. The monoisotopic (exact) mass is 275 g/mol. The van der Waals surface area contributed by atoms with E-state index in [-0.39, 0.29) is 11.6 Å². The first kappa shape index (κ1) is 14.7. The second-order valence-electron chi connectivity index (χ2n) is 5.39. The molecule has 5 nitrogen and oxygen atoms in total. The Morgan fingerprint density at radius 2 is 2.10 bits per heavy atom. The maximum Gasteiger partial charge on any atom is 0.258 e. The number of nitrogens with zero attached hydrogens (tertiary/aromatic N) is 3. The third kappa shape index (κ3) is 3.43. The van der Waals surface area contributed by atoms with E-state index < -0.39 is 6.10 Å². The highest BCUT2D eigenvalue weighted by Gasteiger charge is 2.14. The third-order valence-electron chi connectivity index (χ3n) is 3.22. The van der Waals surface area contributed by atoms with Crippen molar-refractivity contribution in [2.24, 2.45) is 0 Å². The highest BCUT2D eigenvalue weighted by Crippen LogP contribution is 2.07. The van der Waals surface area contributed by atoms with Crippen LogP contribution in [0.2, 0.25) is 0 Å². The minimum Gasteiger partial charge on any atom is -0.392 e. The summed E-state index contributed by atoms with van der Waals surface area (Å²) < 4.78 is 1.53. The second kappa shape index (κ2) is 6.15. The average molecular weight is 275 g/mol. The van der Waals surface area contributed by atoms with Crippen molar-refractivity contribution in [3.8, 4) is 0 Å². The lowest BCUT2D eigenvalue weighted by Crippen LogP contribution is -2.36. The first-order chi connectivity index (χ1) is 9.47. The summed E-state index contributed by atoms with van der Waals surface area (Å²) in [5, 5.41) is 9.55. The van der Waals surface area contributed by atoms with Crippen molar-refractivity contribution < 1.29 is 5.11 Å². The summed E-state index contributed by atoms with van der Waals surface area (Å²) in [6.07, 6.45) is 1.31. The van der Waals surface area contributed by atoms with Gasteiger partial charge < -0.3 is 5.11 Å². The Balaban J connectivity index is 2.30. The molecule has 0 aliphatic carbocycles. The van der Waals surface area contributed by atoms with Crippen molar-refractivity contribution in [3.05, 3.63) is 46.5 Å². The molecule has 0 bridgehead atoms. The van der Waals surface area contributed by atoms with E-state index in [0.717, 1.165) is 5.69 Å². The second-order valence-corrected chi connectivity index (χ2v) is 5.39. The molecular weight excluding hydrogens is 254 g/mol. The van der Waals surface area contributed by atoms with E-state index in [1.54, 1.807) is 19.2 Å². The fourth-order valence-electron chi connectivity index (χ4n) is 2.19. The normalized spacial score (nSPS) is 13.3. The Bertz CT molecular complexity index is 634. The van der Waals surface area contributed by atoms with E-state index in [0.29, 0.717) is 18.7 Å². The summed E-state index contributed by atoms with van der Waals surface area (Å²) in [5.41, 5.74) is 1.30. The summed E-state index contributed by atoms with van der Waals surface area (Å²) in [4.78, 5) is 18.6. The van der Waals surface area contributed by atoms with Gasteiger partial charge in [-0.15, -0.1) is 0 Å². The molecular formula is C15H21N3O2. The lowest BCUT2D eigenvalue weighted by Gasteiger charge is -2.27. The molecule has 0 radical (unpaired) electrons. The van der Waals surface area contributed by atoms with Gasteiger partial charge in [0.15, 0.2) is 0 Å². The predicted octanol–water partition coefficient (Wildman–Crippen LogP) is 1.29. The van der Waals surface area contributed by atoms with Gasteiger partial charge in [0.05, 0.1) is 11.8 Å². The molecule has 2 rings (SSSR count). The Morgan fingerprint density at radius 3 is 2.75 bits per heavy atom. The number of fused-ring (bicyclic) bond motifs is 1. The first-order valence-electron chi connectivity index (χ1n) is 6.87. The highest BCUT2D eigenvalue weighted by molar-refractivity contribution is 5.37. The summed E-state index contributed by atoms with van der Waals surface area (Å²) in [6, 6.07) is 7.33. The molecule has 2 aromatic rings. The molecule has 0 aliphatic heterocycles. The van der Waals surface area contributed by atoms with Gasteiger partial charge in [0.2, 0.25) is 0 Å². The predicted molar refractivity (Wildman–Crippen MR) is 78.7 cm³/mol. The van der Waals surface area contributed by atoms with Gasteiger partial charge in [-0.3, -0.25) is 14.1 Å². The molecule has 0 fully saturated rings. The number of aliphatic hydroxyl groups is 1. The highest BCUT2D eigenvalue weighted by atomic mass is 16.3. The van der Waals surface area contributed by atoms with Crippen molar-refractivity contribution >= 4 is 5.65 Å². The Morgan fingerprint density at radius 1 is 1.35 bits per heavy atom. The molecule has 0 aliphatic rings. The van der Waals surface area contributed by atoms with Crippen molar-refractivity contribution in [1.82, 2.24) is 14.3 Å². The van der Waals surface area contributed by atoms with Gasteiger partial charge in [-0.25, -0.2) is 4.98 Å². The van der Waals surface area contributed by atoms with Crippen LogP contribution in [0, 0.1) is 0 Å². The van der Waals surface area contributed by atoms with Gasteiger partial charge in [0.25, 0.3) is 5.56 Å². The topological polar surface area (TPSA) is 57.8 Å². The summed E-state index contributed by atoms with van der Waals surface area (Å²) in [5.74, 6) is 0. The maximum atomic E-state index is 12.0. The molecule has 0 amide bonds. The van der Waals surface area contributed by atoms with Crippen LogP contribution in [0.1, 0.15) is 26.5 Å². The molecule has 5 heteroatoms. The number of pyridine rings is 1. The molecule has 1 N–H and O–H groups in total. The van der Waals surface area contributed by atoms with Crippen LogP contribution in [0.4, 0.5) is 0 Å². The number of rotatable bonds is 5. The van der Waals surface area contributed by atoms with Gasteiger partial charge in [-0.2, -0.15) is 0 Å². The summed E-state index contributed by atoms with van der Waals surface area (Å²) >= 11 is 0. The number of aromatic nitrogens is 2. The largest absolute Gasteiger partial charge is 0.392 e. The van der Waals surface area contributed by atoms with E-state index in [1.807, 2.05) is 18.2 Å². The molecule has 0 saturated carbocycles. The molecule has 0 saturated heterocycles. The van der Waals surface area contributed by atoms with Crippen LogP contribution in [0.25, 0.3) is 5.65 Å². The van der Waals surface area contributed by atoms with Crippen LogP contribution in [0.5, 0.6) is 0 Å². The lowest BCUT2D eigenvalue weighted by atomic mass is 10.2. The first-order valence-corrected chi connectivity index (χ1v) is 6.87. The minimum atomic E-state index is -0.404. The summed E-state index contributed by atoms with van der Waals surface area (Å²) in [7, 11) is 0. The number of hydrogen-bond acceptors (Lipinski definition) is 4. The molecule has 1 unspecified atom stereocenters. The molecule has 2 aromatic heterocycles. The van der Waals surface area contributed by atoms with Crippen molar-refractivity contribution in [1.29, 1.82) is 0 Å². The van der Waals surface area contributed by atoms with Crippen molar-refractivity contribution in [3.63, 3.8) is 0 Å². The van der Waals surface area contributed by atoms with E-state index in [1.165, 1.54) is 4.40 Å². The van der Waals surface area contributed by atoms with Crippen LogP contribution in [-0.2, 0) is 6.54 Å². The van der Waals surface area contributed by atoms with E-state index in [2.05, 4.69) is 23.7 Å². The van der Waals surface area contributed by atoms with Crippen molar-refractivity contribution in [2.75, 3.05) is 6.54 Å².